The Kier molecular flexibility index (Phi) is 5.46. The van der Waals surface area contributed by atoms with Crippen LogP contribution in [0.3, 0.4) is 0 Å². The van der Waals surface area contributed by atoms with Gasteiger partial charge in [-0.25, -0.2) is 0 Å². The second-order valence-electron chi connectivity index (χ2n) is 7.94. The van der Waals surface area contributed by atoms with Crippen LogP contribution >= 0.6 is 0 Å². The molecule has 128 valence electrons. The van der Waals surface area contributed by atoms with Crippen LogP contribution in [0.4, 0.5) is 0 Å². The predicted molar refractivity (Wildman–Crippen MR) is 103 cm³/mol. The average Bonchev–Trinajstić information content (AvgIpc) is 2.57. The topological polar surface area (TPSA) is 18.5 Å². The van der Waals surface area contributed by atoms with Crippen LogP contribution < -0.4 is 0 Å². The van der Waals surface area contributed by atoms with Gasteiger partial charge in [0, 0.05) is 23.5 Å². The highest BCUT2D eigenvalue weighted by Crippen LogP contribution is 2.34. The van der Waals surface area contributed by atoms with E-state index in [1.807, 2.05) is 0 Å². The van der Waals surface area contributed by atoms with Gasteiger partial charge in [0.25, 0.3) is 0 Å². The molecule has 0 saturated carbocycles. The predicted octanol–water partition coefficient (Wildman–Crippen LogP) is 2.91. The van der Waals surface area contributed by atoms with Gasteiger partial charge in [-0.2, -0.15) is 0 Å². The van der Waals surface area contributed by atoms with Crippen molar-refractivity contribution in [1.82, 2.24) is 0 Å². The summed E-state index contributed by atoms with van der Waals surface area (Å²) in [5.74, 6) is 0. The number of hydrogen-bond acceptors (Lipinski definition) is 2. The molecule has 2 atom stereocenters. The summed E-state index contributed by atoms with van der Waals surface area (Å²) in [5.41, 5.74) is 2.84. The van der Waals surface area contributed by atoms with Crippen LogP contribution in [0.25, 0.3) is 0 Å². The molecular formula is C19H32O2Si2. The maximum Gasteiger partial charge on any atom is 0.0723 e. The van der Waals surface area contributed by atoms with E-state index in [1.165, 1.54) is 49.7 Å². The molecule has 0 amide bonds. The highest BCUT2D eigenvalue weighted by molar-refractivity contribution is 6.59. The van der Waals surface area contributed by atoms with Crippen LogP contribution in [0.15, 0.2) is 24.3 Å². The van der Waals surface area contributed by atoms with Crippen molar-refractivity contribution in [2.24, 2.45) is 0 Å². The lowest BCUT2D eigenvalue weighted by Crippen LogP contribution is -2.49. The smallest absolute Gasteiger partial charge is 0.0723 e. The fourth-order valence-electron chi connectivity index (χ4n) is 4.16. The number of ether oxygens (including phenoxy) is 2. The largest absolute Gasteiger partial charge is 0.379 e. The standard InChI is InChI=1S/C19H32O2Si2/c1-23(2)18(11-3-5-13-20-18)15-16-7-9-17(10-8-16)19(22)12-4-6-14-21-19/h7-10,23H,3-6,11-15H2,1-2,22H3. The van der Waals surface area contributed by atoms with E-state index in [4.69, 9.17) is 9.47 Å². The summed E-state index contributed by atoms with van der Waals surface area (Å²) in [6, 6.07) is 9.32. The van der Waals surface area contributed by atoms with Crippen molar-refractivity contribution in [1.29, 1.82) is 0 Å². The van der Waals surface area contributed by atoms with Crippen LogP contribution in [0.1, 0.15) is 49.7 Å². The SMILES string of the molecule is C[SiH](C)C1(Cc2ccc(C3([SiH3])CCCCO3)cc2)CCCCO1. The first-order valence-electron chi connectivity index (χ1n) is 9.41. The molecule has 1 aromatic carbocycles. The minimum Gasteiger partial charge on any atom is -0.379 e. The summed E-state index contributed by atoms with van der Waals surface area (Å²) < 4.78 is 12.5. The molecule has 2 nitrogen and oxygen atoms in total. The first-order chi connectivity index (χ1) is 11.0. The molecule has 2 fully saturated rings. The third kappa shape index (κ3) is 3.81. The van der Waals surface area contributed by atoms with E-state index in [-0.39, 0.29) is 10.4 Å². The lowest BCUT2D eigenvalue weighted by molar-refractivity contribution is -0.0225. The molecule has 23 heavy (non-hydrogen) atoms. The third-order valence-corrected chi connectivity index (χ3v) is 10.1. The van der Waals surface area contributed by atoms with E-state index < -0.39 is 8.80 Å². The lowest BCUT2D eigenvalue weighted by atomic mass is 9.96. The zero-order chi connectivity index (χ0) is 16.3. The van der Waals surface area contributed by atoms with Gasteiger partial charge in [-0.1, -0.05) is 37.4 Å². The minimum absolute atomic E-state index is 0.0581. The number of hydrogen-bond donors (Lipinski definition) is 0. The van der Waals surface area contributed by atoms with E-state index >= 15 is 0 Å². The molecule has 0 radical (unpaired) electrons. The molecule has 2 unspecified atom stereocenters. The Balaban J connectivity index is 1.74. The fourth-order valence-corrected chi connectivity index (χ4v) is 6.92. The summed E-state index contributed by atoms with van der Waals surface area (Å²) in [6.45, 7) is 6.78. The van der Waals surface area contributed by atoms with Crippen molar-refractivity contribution in [3.05, 3.63) is 35.4 Å². The van der Waals surface area contributed by atoms with Crippen molar-refractivity contribution in [2.45, 2.75) is 68.5 Å². The van der Waals surface area contributed by atoms with Crippen LogP contribution in [0.2, 0.25) is 13.1 Å². The molecule has 0 spiro atoms. The number of rotatable bonds is 4. The van der Waals surface area contributed by atoms with E-state index in [1.54, 1.807) is 0 Å². The van der Waals surface area contributed by atoms with E-state index in [0.717, 1.165) is 29.9 Å². The average molecular weight is 349 g/mol. The second-order valence-corrected chi connectivity index (χ2v) is 12.9. The first kappa shape index (κ1) is 17.4. The van der Waals surface area contributed by atoms with Crippen molar-refractivity contribution < 1.29 is 9.47 Å². The molecule has 0 bridgehead atoms. The molecule has 2 saturated heterocycles. The van der Waals surface area contributed by atoms with E-state index in [2.05, 4.69) is 37.4 Å². The molecule has 2 aliphatic heterocycles. The van der Waals surface area contributed by atoms with Gasteiger partial charge in [0.15, 0.2) is 0 Å². The Morgan fingerprint density at radius 3 is 2.13 bits per heavy atom. The van der Waals surface area contributed by atoms with Gasteiger partial charge in [0.2, 0.25) is 0 Å². The highest BCUT2D eigenvalue weighted by Gasteiger charge is 2.37. The Labute approximate surface area is 146 Å². The van der Waals surface area contributed by atoms with Gasteiger partial charge in [-0.3, -0.25) is 0 Å². The van der Waals surface area contributed by atoms with Gasteiger partial charge in [0.05, 0.1) is 19.2 Å². The molecule has 0 aliphatic carbocycles. The normalized spacial score (nSPS) is 32.3. The molecule has 2 aliphatic rings. The van der Waals surface area contributed by atoms with Gasteiger partial charge < -0.3 is 9.47 Å². The molecule has 0 aromatic heterocycles. The molecule has 3 rings (SSSR count). The summed E-state index contributed by atoms with van der Waals surface area (Å²) in [7, 11) is 0.225. The quantitative estimate of drug-likeness (QED) is 0.779. The van der Waals surface area contributed by atoms with Crippen LogP contribution in [0, 0.1) is 0 Å². The fraction of sp³-hybridized carbons (Fsp3) is 0.684. The van der Waals surface area contributed by atoms with Crippen molar-refractivity contribution in [3.8, 4) is 0 Å². The van der Waals surface area contributed by atoms with Gasteiger partial charge in [-0.05, 0) is 56.1 Å². The zero-order valence-electron chi connectivity index (χ0n) is 15.1. The summed E-state index contributed by atoms with van der Waals surface area (Å²) in [6.07, 6.45) is 8.66. The Bertz CT molecular complexity index is 501. The van der Waals surface area contributed by atoms with Crippen LogP contribution in [-0.2, 0) is 21.1 Å². The van der Waals surface area contributed by atoms with Gasteiger partial charge >= 0.3 is 0 Å². The van der Waals surface area contributed by atoms with Crippen molar-refractivity contribution in [2.75, 3.05) is 13.2 Å². The molecule has 2 heterocycles. The molecule has 4 heteroatoms. The van der Waals surface area contributed by atoms with Crippen molar-refractivity contribution in [3.63, 3.8) is 0 Å². The monoisotopic (exact) mass is 348 g/mol. The summed E-state index contributed by atoms with van der Waals surface area (Å²) in [4.78, 5) is 0. The van der Waals surface area contributed by atoms with Crippen molar-refractivity contribution >= 4 is 19.0 Å². The molecular weight excluding hydrogens is 316 g/mol. The molecule has 1 aromatic rings. The Morgan fingerprint density at radius 1 is 0.957 bits per heavy atom. The highest BCUT2D eigenvalue weighted by atomic mass is 28.3. The maximum atomic E-state index is 6.34. The summed E-state index contributed by atoms with van der Waals surface area (Å²) >= 11 is 0. The van der Waals surface area contributed by atoms with Gasteiger partial charge in [0.1, 0.15) is 0 Å². The maximum absolute atomic E-state index is 6.34. The lowest BCUT2D eigenvalue weighted by Gasteiger charge is -2.41. The van der Waals surface area contributed by atoms with Crippen LogP contribution in [0.5, 0.6) is 0 Å². The van der Waals surface area contributed by atoms with Gasteiger partial charge in [-0.15, -0.1) is 0 Å². The Hall–Kier alpha value is -0.426. The summed E-state index contributed by atoms with van der Waals surface area (Å²) in [5, 5.41) is 0.238. The minimum atomic E-state index is -0.851. The third-order valence-electron chi connectivity index (χ3n) is 5.97. The second kappa shape index (κ2) is 7.22. The number of benzene rings is 1. The Morgan fingerprint density at radius 2 is 1.61 bits per heavy atom. The van der Waals surface area contributed by atoms with Crippen LogP contribution in [-0.4, -0.2) is 37.5 Å². The molecule has 0 N–H and O–H groups in total. The van der Waals surface area contributed by atoms with E-state index in [9.17, 15) is 0 Å². The van der Waals surface area contributed by atoms with E-state index in [0.29, 0.717) is 0 Å². The zero-order valence-corrected chi connectivity index (χ0v) is 18.2. The first-order valence-corrected chi connectivity index (χ1v) is 13.3.